The molecule has 0 amide bonds. The van der Waals surface area contributed by atoms with Crippen molar-refractivity contribution in [3.63, 3.8) is 0 Å². The Morgan fingerprint density at radius 3 is 2.57 bits per heavy atom. The first kappa shape index (κ1) is 23.9. The van der Waals surface area contributed by atoms with Crippen molar-refractivity contribution in [2.45, 2.75) is 42.6 Å². The summed E-state index contributed by atoms with van der Waals surface area (Å²) in [6.45, 7) is 11.7. The van der Waals surface area contributed by atoms with Crippen LogP contribution in [0.3, 0.4) is 0 Å². The number of benzene rings is 1. The van der Waals surface area contributed by atoms with Crippen LogP contribution < -0.4 is 14.9 Å². The number of thiophene rings is 1. The molecule has 1 fully saturated rings. The third-order valence-electron chi connectivity index (χ3n) is 6.43. The fourth-order valence-electron chi connectivity index (χ4n) is 4.01. The molecule has 0 atom stereocenters. The minimum Gasteiger partial charge on any atom is -0.386 e. The van der Waals surface area contributed by atoms with Gasteiger partial charge >= 0.3 is 0 Å². The van der Waals surface area contributed by atoms with Crippen LogP contribution in [0.2, 0.25) is 0 Å². The SMILES string of the molecule is C=C1c2cc(SNC3(C)CC3)sc2N(Cc2cc(NC)c(F)cc2F)C(=C)N1Cc1cnn(C)c1. The van der Waals surface area contributed by atoms with Gasteiger partial charge in [0.05, 0.1) is 29.2 Å². The van der Waals surface area contributed by atoms with Gasteiger partial charge in [-0.1, -0.05) is 13.2 Å². The predicted molar refractivity (Wildman–Crippen MR) is 140 cm³/mol. The summed E-state index contributed by atoms with van der Waals surface area (Å²) >= 11 is 3.24. The number of nitrogens with one attached hydrogen (secondary N) is 2. The minimum absolute atomic E-state index is 0.183. The van der Waals surface area contributed by atoms with Crippen LogP contribution in [0.15, 0.2) is 53.8 Å². The molecule has 184 valence electrons. The first-order chi connectivity index (χ1) is 16.7. The molecule has 1 aliphatic heterocycles. The molecule has 1 aromatic carbocycles. The Hall–Kier alpha value is -2.82. The highest BCUT2D eigenvalue weighted by Crippen LogP contribution is 2.48. The molecule has 0 saturated heterocycles. The molecular formula is C25H28F2N6S2. The van der Waals surface area contributed by atoms with Crippen molar-refractivity contribution < 1.29 is 8.78 Å². The zero-order chi connectivity index (χ0) is 24.9. The Labute approximate surface area is 212 Å². The van der Waals surface area contributed by atoms with E-state index < -0.39 is 11.6 Å². The summed E-state index contributed by atoms with van der Waals surface area (Å²) in [5, 5.41) is 8.02. The van der Waals surface area contributed by atoms with Crippen molar-refractivity contribution in [1.82, 2.24) is 19.4 Å². The molecule has 1 aliphatic carbocycles. The topological polar surface area (TPSA) is 48.4 Å². The van der Waals surface area contributed by atoms with E-state index in [1.807, 2.05) is 29.2 Å². The predicted octanol–water partition coefficient (Wildman–Crippen LogP) is 5.92. The van der Waals surface area contributed by atoms with Gasteiger partial charge in [0.25, 0.3) is 0 Å². The molecule has 5 rings (SSSR count). The van der Waals surface area contributed by atoms with E-state index >= 15 is 0 Å². The van der Waals surface area contributed by atoms with Crippen LogP contribution in [-0.4, -0.2) is 27.3 Å². The molecule has 0 radical (unpaired) electrons. The molecule has 6 nitrogen and oxygen atoms in total. The van der Waals surface area contributed by atoms with Crippen LogP contribution >= 0.6 is 23.3 Å². The smallest absolute Gasteiger partial charge is 0.149 e. The summed E-state index contributed by atoms with van der Waals surface area (Å²) in [5.41, 5.74) is 3.64. The fourth-order valence-corrected chi connectivity index (χ4v) is 6.20. The van der Waals surface area contributed by atoms with Gasteiger partial charge in [-0.15, -0.1) is 11.3 Å². The molecule has 2 N–H and O–H groups in total. The Bertz CT molecular complexity index is 1310. The third-order valence-corrected chi connectivity index (χ3v) is 8.79. The molecule has 35 heavy (non-hydrogen) atoms. The second kappa shape index (κ2) is 9.00. The third kappa shape index (κ3) is 4.70. The van der Waals surface area contributed by atoms with Gasteiger partial charge in [0.2, 0.25) is 0 Å². The number of halogens is 2. The lowest BCUT2D eigenvalue weighted by Gasteiger charge is -2.40. The van der Waals surface area contributed by atoms with Crippen LogP contribution in [0.4, 0.5) is 19.5 Å². The van der Waals surface area contributed by atoms with E-state index in [2.05, 4.69) is 41.3 Å². The van der Waals surface area contributed by atoms with Gasteiger partial charge in [0.1, 0.15) is 22.5 Å². The maximum Gasteiger partial charge on any atom is 0.149 e. The van der Waals surface area contributed by atoms with E-state index in [-0.39, 0.29) is 17.8 Å². The van der Waals surface area contributed by atoms with Gasteiger partial charge in [0, 0.05) is 54.3 Å². The number of hydrogen-bond donors (Lipinski definition) is 2. The first-order valence-electron chi connectivity index (χ1n) is 11.3. The van der Waals surface area contributed by atoms with Gasteiger partial charge in [-0.05, 0) is 43.8 Å². The molecule has 3 aromatic rings. The normalized spacial score (nSPS) is 16.6. The zero-order valence-corrected chi connectivity index (χ0v) is 21.6. The molecule has 0 spiro atoms. The number of fused-ring (bicyclic) bond motifs is 1. The second-order valence-corrected chi connectivity index (χ2v) is 11.4. The lowest BCUT2D eigenvalue weighted by atomic mass is 10.1. The monoisotopic (exact) mass is 514 g/mol. The van der Waals surface area contributed by atoms with Crippen molar-refractivity contribution in [3.8, 4) is 0 Å². The van der Waals surface area contributed by atoms with E-state index in [9.17, 15) is 8.78 Å². The minimum atomic E-state index is -0.618. The summed E-state index contributed by atoms with van der Waals surface area (Å²) in [6.07, 6.45) is 6.09. The molecule has 2 aliphatic rings. The Kier molecular flexibility index (Phi) is 6.14. The standard InChI is InChI=1S/C25H28F2N6S2/c1-15-19-9-23(35-30-25(3)6-7-25)34-24(19)33(14-18-8-22(28-4)21(27)10-20(18)26)16(2)32(15)13-17-11-29-31(5)12-17/h8-12,28,30H,1-2,6-7,13-14H2,3-5H3. The number of hydrogen-bond acceptors (Lipinski definition) is 7. The van der Waals surface area contributed by atoms with Crippen molar-refractivity contribution in [1.29, 1.82) is 0 Å². The molecule has 0 unspecified atom stereocenters. The summed E-state index contributed by atoms with van der Waals surface area (Å²) in [5.74, 6) is -0.525. The average Bonchev–Trinajstić information content (AvgIpc) is 3.20. The van der Waals surface area contributed by atoms with E-state index in [0.29, 0.717) is 17.9 Å². The number of anilines is 2. The molecule has 3 heterocycles. The van der Waals surface area contributed by atoms with E-state index in [1.54, 1.807) is 35.0 Å². The van der Waals surface area contributed by atoms with Gasteiger partial charge in [-0.2, -0.15) is 5.10 Å². The van der Waals surface area contributed by atoms with Crippen molar-refractivity contribution in [3.05, 3.63) is 77.9 Å². The number of aryl methyl sites for hydroxylation is 1. The molecule has 0 bridgehead atoms. The Morgan fingerprint density at radius 1 is 1.14 bits per heavy atom. The number of aromatic nitrogens is 2. The summed E-state index contributed by atoms with van der Waals surface area (Å²) in [4.78, 5) is 4.01. The lowest BCUT2D eigenvalue weighted by Crippen LogP contribution is -2.37. The van der Waals surface area contributed by atoms with Crippen LogP contribution in [-0.2, 0) is 20.1 Å². The Morgan fingerprint density at radius 2 is 1.91 bits per heavy atom. The summed E-state index contributed by atoms with van der Waals surface area (Å²) < 4.78 is 35.3. The van der Waals surface area contributed by atoms with Gasteiger partial charge in [-0.25, -0.2) is 8.78 Å². The summed E-state index contributed by atoms with van der Waals surface area (Å²) in [6, 6.07) is 4.57. The maximum atomic E-state index is 14.8. The van der Waals surface area contributed by atoms with Crippen LogP contribution in [0, 0.1) is 11.6 Å². The Balaban J connectivity index is 1.51. The molecule has 10 heteroatoms. The van der Waals surface area contributed by atoms with Gasteiger partial charge in [0.15, 0.2) is 0 Å². The fraction of sp³-hybridized carbons (Fsp3) is 0.320. The highest BCUT2D eigenvalue weighted by atomic mass is 32.2. The number of nitrogens with zero attached hydrogens (tertiary/aromatic N) is 4. The average molecular weight is 515 g/mol. The summed E-state index contributed by atoms with van der Waals surface area (Å²) in [7, 11) is 3.49. The first-order valence-corrected chi connectivity index (χ1v) is 12.9. The lowest BCUT2D eigenvalue weighted by molar-refractivity contribution is 0.454. The molecule has 1 saturated carbocycles. The van der Waals surface area contributed by atoms with E-state index in [0.717, 1.165) is 44.9 Å². The maximum absolute atomic E-state index is 14.8. The largest absolute Gasteiger partial charge is 0.386 e. The van der Waals surface area contributed by atoms with E-state index in [4.69, 9.17) is 0 Å². The molecule has 2 aromatic heterocycles. The highest BCUT2D eigenvalue weighted by Gasteiger charge is 2.38. The molecular weight excluding hydrogens is 486 g/mol. The van der Waals surface area contributed by atoms with Crippen LogP contribution in [0.1, 0.15) is 36.5 Å². The zero-order valence-electron chi connectivity index (χ0n) is 20.0. The van der Waals surface area contributed by atoms with Crippen molar-refractivity contribution >= 4 is 39.7 Å². The quantitative estimate of drug-likeness (QED) is 0.364. The van der Waals surface area contributed by atoms with Crippen LogP contribution in [0.25, 0.3) is 5.70 Å². The van der Waals surface area contributed by atoms with Crippen molar-refractivity contribution in [2.75, 3.05) is 17.3 Å². The second-order valence-electron chi connectivity index (χ2n) is 9.28. The van der Waals surface area contributed by atoms with Crippen LogP contribution in [0.5, 0.6) is 0 Å². The van der Waals surface area contributed by atoms with Gasteiger partial charge in [-0.3, -0.25) is 9.40 Å². The number of rotatable bonds is 8. The van der Waals surface area contributed by atoms with E-state index in [1.165, 1.54) is 6.07 Å². The van der Waals surface area contributed by atoms with Gasteiger partial charge < -0.3 is 15.1 Å². The highest BCUT2D eigenvalue weighted by molar-refractivity contribution is 7.99. The van der Waals surface area contributed by atoms with Crippen molar-refractivity contribution in [2.24, 2.45) is 7.05 Å².